The third-order valence-electron chi connectivity index (χ3n) is 4.92. The second-order valence-electron chi connectivity index (χ2n) is 6.28. The van der Waals surface area contributed by atoms with Crippen LogP contribution in [0.3, 0.4) is 0 Å². The van der Waals surface area contributed by atoms with Crippen molar-refractivity contribution in [3.63, 3.8) is 0 Å². The van der Waals surface area contributed by atoms with Gasteiger partial charge >= 0.3 is 0 Å². The maximum atomic E-state index is 13.9. The molecule has 1 saturated heterocycles. The van der Waals surface area contributed by atoms with Crippen molar-refractivity contribution in [1.29, 1.82) is 0 Å². The number of amidine groups is 1. The average molecular weight is 319 g/mol. The summed E-state index contributed by atoms with van der Waals surface area (Å²) in [7, 11) is 1.75. The predicted molar refractivity (Wildman–Crippen MR) is 90.5 cm³/mol. The monoisotopic (exact) mass is 319 g/mol. The largest absolute Gasteiger partial charge is 0.311 e. The number of hydrogen-bond acceptors (Lipinski definition) is 2. The van der Waals surface area contributed by atoms with Gasteiger partial charge in [0.25, 0.3) is 0 Å². The van der Waals surface area contributed by atoms with E-state index in [9.17, 15) is 9.18 Å². The Morgan fingerprint density at radius 1 is 1.17 bits per heavy atom. The lowest BCUT2D eigenvalue weighted by molar-refractivity contribution is -0.124. The first-order chi connectivity index (χ1) is 11.6. The van der Waals surface area contributed by atoms with Crippen LogP contribution in [-0.4, -0.2) is 28.3 Å². The number of rotatable bonds is 0. The first-order valence-corrected chi connectivity index (χ1v) is 7.89. The van der Waals surface area contributed by atoms with E-state index in [1.807, 2.05) is 28.8 Å². The number of nitrogens with zero attached hydrogens (tertiary/aromatic N) is 3. The van der Waals surface area contributed by atoms with E-state index in [0.717, 1.165) is 22.4 Å². The van der Waals surface area contributed by atoms with E-state index in [4.69, 9.17) is 4.99 Å². The fraction of sp³-hybridized carbons (Fsp3) is 0.158. The van der Waals surface area contributed by atoms with Crippen molar-refractivity contribution in [3.8, 4) is 5.69 Å². The van der Waals surface area contributed by atoms with Gasteiger partial charge in [0.1, 0.15) is 11.7 Å². The highest BCUT2D eigenvalue weighted by molar-refractivity contribution is 6.10. The Bertz CT molecular complexity index is 1050. The molecule has 4 nitrogen and oxygen atoms in total. The summed E-state index contributed by atoms with van der Waals surface area (Å²) in [6.07, 6.45) is 0.391. The van der Waals surface area contributed by atoms with Crippen LogP contribution in [0.2, 0.25) is 0 Å². The molecule has 0 saturated carbocycles. The molecule has 3 heterocycles. The number of benzene rings is 2. The highest BCUT2D eigenvalue weighted by Gasteiger charge is 2.39. The molecule has 2 aromatic carbocycles. The number of likely N-dealkylation sites (tertiary alicyclic amines) is 1. The van der Waals surface area contributed by atoms with Crippen LogP contribution in [0.1, 0.15) is 18.0 Å². The molecule has 5 rings (SSSR count). The minimum absolute atomic E-state index is 0.0566. The molecule has 2 aliphatic heterocycles. The van der Waals surface area contributed by atoms with E-state index in [1.54, 1.807) is 18.0 Å². The van der Waals surface area contributed by atoms with E-state index in [1.165, 1.54) is 12.1 Å². The van der Waals surface area contributed by atoms with Crippen LogP contribution in [0.25, 0.3) is 16.6 Å². The third-order valence-corrected chi connectivity index (χ3v) is 4.92. The number of hydrogen-bond donors (Lipinski definition) is 0. The highest BCUT2D eigenvalue weighted by atomic mass is 19.1. The number of aromatic nitrogens is 1. The van der Waals surface area contributed by atoms with Gasteiger partial charge in [-0.15, -0.1) is 0 Å². The van der Waals surface area contributed by atoms with Crippen molar-refractivity contribution in [1.82, 2.24) is 9.47 Å². The normalized spacial score (nSPS) is 18.9. The number of halogens is 1. The minimum atomic E-state index is -0.297. The number of aliphatic imine (C=N–C) groups is 1. The van der Waals surface area contributed by atoms with Gasteiger partial charge in [-0.1, -0.05) is 18.2 Å². The first kappa shape index (κ1) is 13.5. The van der Waals surface area contributed by atoms with Gasteiger partial charge in [-0.2, -0.15) is 0 Å². The molecule has 1 fully saturated rings. The molecule has 1 atom stereocenters. The van der Waals surface area contributed by atoms with Crippen molar-refractivity contribution in [2.75, 3.05) is 7.05 Å². The fourth-order valence-electron chi connectivity index (χ4n) is 3.75. The zero-order chi connectivity index (χ0) is 16.4. The van der Waals surface area contributed by atoms with Crippen LogP contribution in [0.5, 0.6) is 0 Å². The summed E-state index contributed by atoms with van der Waals surface area (Å²) in [5.74, 6) is 0.384. The molecule has 1 amide bonds. The lowest BCUT2D eigenvalue weighted by Gasteiger charge is -2.13. The van der Waals surface area contributed by atoms with Crippen LogP contribution in [0, 0.1) is 5.82 Å². The van der Waals surface area contributed by atoms with Crippen molar-refractivity contribution >= 4 is 28.3 Å². The third kappa shape index (κ3) is 1.67. The topological polar surface area (TPSA) is 37.6 Å². The molecular weight excluding hydrogens is 305 g/mol. The number of fused-ring (bicyclic) bond motifs is 7. The van der Waals surface area contributed by atoms with Crippen LogP contribution < -0.4 is 0 Å². The zero-order valence-electron chi connectivity index (χ0n) is 13.0. The Morgan fingerprint density at radius 3 is 2.88 bits per heavy atom. The minimum Gasteiger partial charge on any atom is -0.311 e. The average Bonchev–Trinajstić information content (AvgIpc) is 3.05. The zero-order valence-corrected chi connectivity index (χ0v) is 13.0. The van der Waals surface area contributed by atoms with Gasteiger partial charge < -0.3 is 9.47 Å². The van der Waals surface area contributed by atoms with Crippen molar-refractivity contribution in [2.45, 2.75) is 12.3 Å². The van der Waals surface area contributed by atoms with Crippen molar-refractivity contribution < 1.29 is 9.18 Å². The smallest absolute Gasteiger partial charge is 0.228 e. The summed E-state index contributed by atoms with van der Waals surface area (Å²) in [5, 5.41) is 1.07. The molecule has 0 radical (unpaired) electrons. The quantitative estimate of drug-likeness (QED) is 0.622. The van der Waals surface area contributed by atoms with Gasteiger partial charge in [0.15, 0.2) is 0 Å². The molecule has 0 bridgehead atoms. The lowest BCUT2D eigenvalue weighted by atomic mass is 10.0. The van der Waals surface area contributed by atoms with E-state index in [0.29, 0.717) is 17.8 Å². The standard InChI is InChI=1S/C19H14FN3O/c1-22-18(24)10-13-16-8-11-4-2-3-5-15(11)23(16)17-9-12(20)6-7-14(17)21-19(13)22/h2-9,13H,10H2,1H3. The Balaban J connectivity index is 1.93. The van der Waals surface area contributed by atoms with E-state index in [-0.39, 0.29) is 17.6 Å². The summed E-state index contributed by atoms with van der Waals surface area (Å²) >= 11 is 0. The van der Waals surface area contributed by atoms with E-state index in [2.05, 4.69) is 6.07 Å². The summed E-state index contributed by atoms with van der Waals surface area (Å²) in [6.45, 7) is 0. The van der Waals surface area contributed by atoms with Crippen LogP contribution in [0.4, 0.5) is 10.1 Å². The molecule has 1 aromatic heterocycles. The molecular formula is C19H14FN3O. The Labute approximate surface area is 137 Å². The molecule has 0 aliphatic carbocycles. The van der Waals surface area contributed by atoms with Crippen LogP contribution in [-0.2, 0) is 4.79 Å². The Kier molecular flexibility index (Phi) is 2.55. The van der Waals surface area contributed by atoms with E-state index >= 15 is 0 Å². The van der Waals surface area contributed by atoms with Crippen LogP contribution in [0.15, 0.2) is 53.5 Å². The number of carbonyl (C=O) groups is 1. The number of likely N-dealkylation sites (N-methyl/N-ethyl adjacent to an activating group) is 1. The molecule has 118 valence electrons. The molecule has 2 aliphatic rings. The van der Waals surface area contributed by atoms with E-state index < -0.39 is 0 Å². The number of amides is 1. The van der Waals surface area contributed by atoms with Gasteiger partial charge in [0.2, 0.25) is 5.91 Å². The fourth-order valence-corrected chi connectivity index (χ4v) is 3.75. The molecule has 24 heavy (non-hydrogen) atoms. The summed E-state index contributed by atoms with van der Waals surface area (Å²) in [5.41, 5.74) is 3.38. The van der Waals surface area contributed by atoms with Gasteiger partial charge in [-0.25, -0.2) is 9.38 Å². The number of para-hydroxylation sites is 1. The first-order valence-electron chi connectivity index (χ1n) is 7.89. The van der Waals surface area contributed by atoms with Gasteiger partial charge in [0.05, 0.1) is 22.8 Å². The molecule has 1 unspecified atom stereocenters. The molecule has 0 N–H and O–H groups in total. The second kappa shape index (κ2) is 4.54. The van der Waals surface area contributed by atoms with Crippen molar-refractivity contribution in [2.24, 2.45) is 4.99 Å². The summed E-state index contributed by atoms with van der Waals surface area (Å²) in [6, 6.07) is 14.7. The van der Waals surface area contributed by atoms with Crippen LogP contribution >= 0.6 is 0 Å². The summed E-state index contributed by atoms with van der Waals surface area (Å²) < 4.78 is 16.0. The molecule has 0 spiro atoms. The maximum Gasteiger partial charge on any atom is 0.228 e. The molecule has 3 aromatic rings. The second-order valence-corrected chi connectivity index (χ2v) is 6.28. The predicted octanol–water partition coefficient (Wildman–Crippen LogP) is 3.76. The van der Waals surface area contributed by atoms with Crippen molar-refractivity contribution in [3.05, 3.63) is 60.0 Å². The number of carbonyl (C=O) groups excluding carboxylic acids is 1. The SMILES string of the molecule is CN1C(=O)CC2C1=Nc1ccc(F)cc1-n1c2cc2ccccc21. The lowest BCUT2D eigenvalue weighted by Crippen LogP contribution is -2.25. The van der Waals surface area contributed by atoms with Gasteiger partial charge in [-0.3, -0.25) is 4.79 Å². The Hall–Kier alpha value is -2.95. The maximum absolute atomic E-state index is 13.9. The highest BCUT2D eigenvalue weighted by Crippen LogP contribution is 2.41. The van der Waals surface area contributed by atoms with Gasteiger partial charge in [0, 0.05) is 30.6 Å². The Morgan fingerprint density at radius 2 is 2.00 bits per heavy atom. The molecule has 5 heteroatoms. The summed E-state index contributed by atoms with van der Waals surface area (Å²) in [4.78, 5) is 18.5. The van der Waals surface area contributed by atoms with Gasteiger partial charge in [-0.05, 0) is 24.3 Å².